The molecule has 0 radical (unpaired) electrons. The molecule has 1 N–H and O–H groups in total. The lowest BCUT2D eigenvalue weighted by Gasteiger charge is -2.05. The van der Waals surface area contributed by atoms with Gasteiger partial charge in [0, 0.05) is 15.1 Å². The van der Waals surface area contributed by atoms with Gasteiger partial charge in [0.15, 0.2) is 0 Å². The van der Waals surface area contributed by atoms with E-state index in [-0.39, 0.29) is 11.4 Å². The van der Waals surface area contributed by atoms with Gasteiger partial charge in [0.25, 0.3) is 0 Å². The molecular formula is C14H10BrFO2S. The van der Waals surface area contributed by atoms with E-state index in [4.69, 9.17) is 5.11 Å². The van der Waals surface area contributed by atoms with E-state index in [9.17, 15) is 9.18 Å². The number of aromatic carboxylic acids is 1. The number of benzene rings is 2. The standard InChI is InChI=1S/C14H10BrFO2S/c15-13-6-5-11(7-12(13)14(17)18)19-8-9-1-3-10(16)4-2-9/h1-7H,8H2,(H,17,18). The maximum absolute atomic E-state index is 12.8. The van der Waals surface area contributed by atoms with Crippen LogP contribution in [0.15, 0.2) is 51.8 Å². The molecule has 0 fully saturated rings. The van der Waals surface area contributed by atoms with Crippen molar-refractivity contribution in [1.29, 1.82) is 0 Å². The van der Waals surface area contributed by atoms with Crippen molar-refractivity contribution in [2.75, 3.05) is 0 Å². The summed E-state index contributed by atoms with van der Waals surface area (Å²) in [6.45, 7) is 0. The zero-order chi connectivity index (χ0) is 13.8. The summed E-state index contributed by atoms with van der Waals surface area (Å²) in [7, 11) is 0. The Morgan fingerprint density at radius 3 is 2.53 bits per heavy atom. The predicted octanol–water partition coefficient (Wildman–Crippen LogP) is 4.58. The second kappa shape index (κ2) is 6.21. The minimum absolute atomic E-state index is 0.240. The van der Waals surface area contributed by atoms with Gasteiger partial charge in [0.05, 0.1) is 5.56 Å². The lowest BCUT2D eigenvalue weighted by atomic mass is 10.2. The van der Waals surface area contributed by atoms with Crippen molar-refractivity contribution in [1.82, 2.24) is 0 Å². The molecule has 0 heterocycles. The highest BCUT2D eigenvalue weighted by atomic mass is 79.9. The Morgan fingerprint density at radius 2 is 1.89 bits per heavy atom. The quantitative estimate of drug-likeness (QED) is 0.827. The largest absolute Gasteiger partial charge is 0.478 e. The number of hydrogen-bond acceptors (Lipinski definition) is 2. The van der Waals surface area contributed by atoms with Crippen molar-refractivity contribution in [3.63, 3.8) is 0 Å². The third kappa shape index (κ3) is 3.81. The molecule has 0 aliphatic rings. The number of thioether (sulfide) groups is 1. The molecule has 2 rings (SSSR count). The lowest BCUT2D eigenvalue weighted by molar-refractivity contribution is 0.0695. The third-order valence-corrected chi connectivity index (χ3v) is 4.24. The zero-order valence-electron chi connectivity index (χ0n) is 9.77. The van der Waals surface area contributed by atoms with Crippen molar-refractivity contribution in [2.24, 2.45) is 0 Å². The monoisotopic (exact) mass is 340 g/mol. The van der Waals surface area contributed by atoms with Gasteiger partial charge in [-0.1, -0.05) is 12.1 Å². The molecule has 98 valence electrons. The van der Waals surface area contributed by atoms with Gasteiger partial charge in [-0.05, 0) is 51.8 Å². The van der Waals surface area contributed by atoms with Gasteiger partial charge in [-0.25, -0.2) is 9.18 Å². The summed E-state index contributed by atoms with van der Waals surface area (Å²) in [5.41, 5.74) is 1.23. The second-order valence-corrected chi connectivity index (χ2v) is 5.77. The molecule has 0 atom stereocenters. The van der Waals surface area contributed by atoms with E-state index in [0.717, 1.165) is 10.5 Å². The maximum Gasteiger partial charge on any atom is 0.336 e. The molecule has 2 nitrogen and oxygen atoms in total. The first-order chi connectivity index (χ1) is 9.06. The summed E-state index contributed by atoms with van der Waals surface area (Å²) in [5, 5.41) is 9.02. The van der Waals surface area contributed by atoms with E-state index in [1.165, 1.54) is 23.9 Å². The normalized spacial score (nSPS) is 10.4. The summed E-state index contributed by atoms with van der Waals surface area (Å²) in [6.07, 6.45) is 0. The fourth-order valence-corrected chi connectivity index (χ4v) is 2.81. The van der Waals surface area contributed by atoms with E-state index in [1.807, 2.05) is 6.07 Å². The first kappa shape index (κ1) is 14.1. The van der Waals surface area contributed by atoms with Crippen molar-refractivity contribution in [2.45, 2.75) is 10.6 Å². The van der Waals surface area contributed by atoms with Crippen molar-refractivity contribution in [3.8, 4) is 0 Å². The van der Waals surface area contributed by atoms with E-state index in [0.29, 0.717) is 10.2 Å². The highest BCUT2D eigenvalue weighted by molar-refractivity contribution is 9.10. The minimum atomic E-state index is -0.962. The van der Waals surface area contributed by atoms with E-state index in [1.54, 1.807) is 24.3 Å². The van der Waals surface area contributed by atoms with Crippen LogP contribution >= 0.6 is 27.7 Å². The summed E-state index contributed by atoms with van der Waals surface area (Å²) in [5.74, 6) is -0.553. The highest BCUT2D eigenvalue weighted by Crippen LogP contribution is 2.27. The Hall–Kier alpha value is -1.33. The SMILES string of the molecule is O=C(O)c1cc(SCc2ccc(F)cc2)ccc1Br. The Bertz CT molecular complexity index is 599. The summed E-state index contributed by atoms with van der Waals surface area (Å²) in [4.78, 5) is 11.9. The Balaban J connectivity index is 2.09. The zero-order valence-corrected chi connectivity index (χ0v) is 12.2. The van der Waals surface area contributed by atoms with Crippen LogP contribution in [0.25, 0.3) is 0 Å². The van der Waals surface area contributed by atoms with E-state index < -0.39 is 5.97 Å². The molecule has 0 spiro atoms. The van der Waals surface area contributed by atoms with Gasteiger partial charge < -0.3 is 5.11 Å². The van der Waals surface area contributed by atoms with Crippen molar-refractivity contribution < 1.29 is 14.3 Å². The fraction of sp³-hybridized carbons (Fsp3) is 0.0714. The average Bonchev–Trinajstić information content (AvgIpc) is 2.39. The molecular weight excluding hydrogens is 331 g/mol. The Kier molecular flexibility index (Phi) is 4.61. The number of rotatable bonds is 4. The summed E-state index contributed by atoms with van der Waals surface area (Å²) in [6, 6.07) is 11.5. The molecule has 2 aromatic rings. The topological polar surface area (TPSA) is 37.3 Å². The predicted molar refractivity (Wildman–Crippen MR) is 77.1 cm³/mol. The van der Waals surface area contributed by atoms with Crippen LogP contribution in [-0.4, -0.2) is 11.1 Å². The van der Waals surface area contributed by atoms with Gasteiger partial charge in [-0.2, -0.15) is 0 Å². The first-order valence-electron chi connectivity index (χ1n) is 5.46. The van der Waals surface area contributed by atoms with Crippen LogP contribution in [0.3, 0.4) is 0 Å². The first-order valence-corrected chi connectivity index (χ1v) is 7.24. The minimum Gasteiger partial charge on any atom is -0.478 e. The number of carboxylic acids is 1. The molecule has 2 aromatic carbocycles. The van der Waals surface area contributed by atoms with Crippen LogP contribution in [0.5, 0.6) is 0 Å². The molecule has 0 saturated heterocycles. The molecule has 0 amide bonds. The van der Waals surface area contributed by atoms with Crippen LogP contribution in [0.2, 0.25) is 0 Å². The van der Waals surface area contributed by atoms with Gasteiger partial charge in [0.2, 0.25) is 0 Å². The average molecular weight is 341 g/mol. The molecule has 0 saturated carbocycles. The maximum atomic E-state index is 12.8. The molecule has 0 unspecified atom stereocenters. The van der Waals surface area contributed by atoms with Gasteiger partial charge >= 0.3 is 5.97 Å². The molecule has 0 aromatic heterocycles. The molecule has 0 aliphatic carbocycles. The van der Waals surface area contributed by atoms with Crippen LogP contribution in [0.4, 0.5) is 4.39 Å². The number of carbonyl (C=O) groups is 1. The van der Waals surface area contributed by atoms with Crippen molar-refractivity contribution in [3.05, 3.63) is 63.9 Å². The van der Waals surface area contributed by atoms with Crippen molar-refractivity contribution >= 4 is 33.7 Å². The highest BCUT2D eigenvalue weighted by Gasteiger charge is 2.09. The smallest absolute Gasteiger partial charge is 0.336 e. The third-order valence-electron chi connectivity index (χ3n) is 2.49. The van der Waals surface area contributed by atoms with Crippen LogP contribution < -0.4 is 0 Å². The summed E-state index contributed by atoms with van der Waals surface area (Å²) < 4.78 is 13.3. The van der Waals surface area contributed by atoms with Gasteiger partial charge in [-0.3, -0.25) is 0 Å². The second-order valence-electron chi connectivity index (χ2n) is 3.86. The van der Waals surface area contributed by atoms with Crippen LogP contribution in [-0.2, 0) is 5.75 Å². The molecule has 5 heteroatoms. The number of hydrogen-bond donors (Lipinski definition) is 1. The number of halogens is 2. The van der Waals surface area contributed by atoms with Gasteiger partial charge in [-0.15, -0.1) is 11.8 Å². The molecule has 0 aliphatic heterocycles. The summed E-state index contributed by atoms with van der Waals surface area (Å²) >= 11 is 4.72. The van der Waals surface area contributed by atoms with Gasteiger partial charge in [0.1, 0.15) is 5.82 Å². The molecule has 19 heavy (non-hydrogen) atoms. The Morgan fingerprint density at radius 1 is 1.21 bits per heavy atom. The van der Waals surface area contributed by atoms with Crippen LogP contribution in [0, 0.1) is 5.82 Å². The molecule has 0 bridgehead atoms. The fourth-order valence-electron chi connectivity index (χ4n) is 1.51. The van der Waals surface area contributed by atoms with E-state index in [2.05, 4.69) is 15.9 Å². The lowest BCUT2D eigenvalue weighted by Crippen LogP contribution is -1.97. The Labute approximate surface area is 122 Å². The van der Waals surface area contributed by atoms with Crippen LogP contribution in [0.1, 0.15) is 15.9 Å². The number of carboxylic acid groups (broad SMARTS) is 1. The van der Waals surface area contributed by atoms with E-state index >= 15 is 0 Å².